The van der Waals surface area contributed by atoms with E-state index in [2.05, 4.69) is 29.2 Å². The molecule has 5 heteroatoms. The van der Waals surface area contributed by atoms with Crippen molar-refractivity contribution in [3.8, 4) is 0 Å². The Balaban J connectivity index is 2.49. The molecule has 0 aliphatic heterocycles. The number of thiophene rings is 1. The number of rotatable bonds is 3. The molecule has 15 heavy (non-hydrogen) atoms. The Morgan fingerprint density at radius 1 is 1.47 bits per heavy atom. The van der Waals surface area contributed by atoms with Gasteiger partial charge in [-0.25, -0.2) is 15.8 Å². The molecule has 2 aromatic rings. The van der Waals surface area contributed by atoms with Gasteiger partial charge in [0, 0.05) is 6.42 Å². The summed E-state index contributed by atoms with van der Waals surface area (Å²) >= 11 is 1.61. The number of nitrogens with two attached hydrogens (primary N) is 1. The summed E-state index contributed by atoms with van der Waals surface area (Å²) in [6.45, 7) is 4.30. The van der Waals surface area contributed by atoms with Crippen molar-refractivity contribution in [3.05, 3.63) is 17.3 Å². The van der Waals surface area contributed by atoms with Gasteiger partial charge in [-0.3, -0.25) is 0 Å². The van der Waals surface area contributed by atoms with Gasteiger partial charge in [-0.2, -0.15) is 0 Å². The van der Waals surface area contributed by atoms with E-state index in [9.17, 15) is 0 Å². The maximum atomic E-state index is 5.44. The van der Waals surface area contributed by atoms with Crippen LogP contribution in [0.1, 0.15) is 19.7 Å². The molecule has 0 atom stereocenters. The van der Waals surface area contributed by atoms with Gasteiger partial charge in [-0.1, -0.05) is 13.8 Å². The topological polar surface area (TPSA) is 63.8 Å². The number of aromatic nitrogens is 2. The number of hydrazine groups is 1. The summed E-state index contributed by atoms with van der Waals surface area (Å²) < 4.78 is 0. The molecule has 0 bridgehead atoms. The first-order valence-corrected chi connectivity index (χ1v) is 5.79. The lowest BCUT2D eigenvalue weighted by Gasteiger charge is -2.06. The van der Waals surface area contributed by atoms with Gasteiger partial charge in [0.25, 0.3) is 0 Å². The lowest BCUT2D eigenvalue weighted by molar-refractivity contribution is 0.623. The van der Waals surface area contributed by atoms with E-state index in [0.29, 0.717) is 5.92 Å². The molecule has 0 spiro atoms. The maximum Gasteiger partial charge on any atom is 0.152 e. The Hall–Kier alpha value is -1.20. The van der Waals surface area contributed by atoms with Crippen LogP contribution in [-0.4, -0.2) is 9.97 Å². The molecule has 0 aromatic carbocycles. The summed E-state index contributed by atoms with van der Waals surface area (Å²) in [4.78, 5) is 9.88. The Morgan fingerprint density at radius 2 is 2.27 bits per heavy atom. The average molecular weight is 222 g/mol. The third kappa shape index (κ3) is 2.08. The number of hydrogen-bond acceptors (Lipinski definition) is 5. The lowest BCUT2D eigenvalue weighted by atomic mass is 10.1. The van der Waals surface area contributed by atoms with Crippen molar-refractivity contribution in [1.82, 2.24) is 9.97 Å². The summed E-state index contributed by atoms with van der Waals surface area (Å²) in [5, 5.41) is 2.99. The van der Waals surface area contributed by atoms with Crippen LogP contribution < -0.4 is 11.3 Å². The Morgan fingerprint density at radius 3 is 2.93 bits per heavy atom. The second-order valence-corrected chi connectivity index (χ2v) is 4.76. The van der Waals surface area contributed by atoms with E-state index in [-0.39, 0.29) is 0 Å². The fourth-order valence-corrected chi connectivity index (χ4v) is 2.25. The van der Waals surface area contributed by atoms with Gasteiger partial charge >= 0.3 is 0 Å². The van der Waals surface area contributed by atoms with Gasteiger partial charge in [-0.15, -0.1) is 11.3 Å². The Bertz CT molecular complexity index is 463. The third-order valence-corrected chi connectivity index (χ3v) is 2.91. The molecule has 2 heterocycles. The summed E-state index contributed by atoms with van der Waals surface area (Å²) in [6, 6.07) is 1.98. The Labute approximate surface area is 92.5 Å². The van der Waals surface area contributed by atoms with Crippen molar-refractivity contribution in [2.45, 2.75) is 20.3 Å². The molecule has 0 aliphatic rings. The average Bonchev–Trinajstić information content (AvgIpc) is 2.63. The molecule has 2 aromatic heterocycles. The minimum atomic E-state index is 0.549. The monoisotopic (exact) mass is 222 g/mol. The number of anilines is 1. The molecule has 0 saturated heterocycles. The molecular weight excluding hydrogens is 208 g/mol. The van der Waals surface area contributed by atoms with Crippen molar-refractivity contribution in [3.63, 3.8) is 0 Å². The number of nitrogens with one attached hydrogen (secondary N) is 1. The first-order valence-electron chi connectivity index (χ1n) is 4.91. The lowest BCUT2D eigenvalue weighted by Crippen LogP contribution is -2.11. The van der Waals surface area contributed by atoms with E-state index in [0.717, 1.165) is 28.3 Å². The highest BCUT2D eigenvalue weighted by Gasteiger charge is 2.08. The van der Waals surface area contributed by atoms with Crippen LogP contribution in [0.4, 0.5) is 5.82 Å². The number of nitrogen functional groups attached to an aromatic ring is 1. The summed E-state index contributed by atoms with van der Waals surface area (Å²) in [5.41, 5.74) is 2.63. The van der Waals surface area contributed by atoms with Gasteiger partial charge in [0.2, 0.25) is 0 Å². The zero-order valence-corrected chi connectivity index (χ0v) is 9.64. The SMILES string of the molecule is CC(C)Cc1nc(NN)c2ccsc2n1. The van der Waals surface area contributed by atoms with Gasteiger partial charge in [-0.05, 0) is 17.4 Å². The van der Waals surface area contributed by atoms with Gasteiger partial charge in [0.05, 0.1) is 5.39 Å². The summed E-state index contributed by atoms with van der Waals surface area (Å²) in [7, 11) is 0. The van der Waals surface area contributed by atoms with Gasteiger partial charge in [0.15, 0.2) is 5.82 Å². The molecule has 0 fully saturated rings. The molecule has 2 rings (SSSR count). The maximum absolute atomic E-state index is 5.44. The van der Waals surface area contributed by atoms with E-state index in [4.69, 9.17) is 5.84 Å². The molecule has 80 valence electrons. The highest BCUT2D eigenvalue weighted by Crippen LogP contribution is 2.24. The van der Waals surface area contributed by atoms with E-state index < -0.39 is 0 Å². The van der Waals surface area contributed by atoms with Crippen molar-refractivity contribution >= 4 is 27.4 Å². The van der Waals surface area contributed by atoms with Crippen LogP contribution in [0.3, 0.4) is 0 Å². The number of nitrogens with zero attached hydrogens (tertiary/aromatic N) is 2. The second-order valence-electron chi connectivity index (χ2n) is 3.87. The fraction of sp³-hybridized carbons (Fsp3) is 0.400. The molecular formula is C10H14N4S. The van der Waals surface area contributed by atoms with Crippen LogP contribution in [0.15, 0.2) is 11.4 Å². The van der Waals surface area contributed by atoms with E-state index in [1.165, 1.54) is 0 Å². The van der Waals surface area contributed by atoms with Crippen LogP contribution in [0, 0.1) is 5.92 Å². The number of fused-ring (bicyclic) bond motifs is 1. The normalized spacial score (nSPS) is 11.2. The largest absolute Gasteiger partial charge is 0.308 e. The van der Waals surface area contributed by atoms with Crippen molar-refractivity contribution in [2.75, 3.05) is 5.43 Å². The van der Waals surface area contributed by atoms with Crippen molar-refractivity contribution in [1.29, 1.82) is 0 Å². The molecule has 0 amide bonds. The third-order valence-electron chi connectivity index (χ3n) is 2.10. The first-order chi connectivity index (χ1) is 7.20. The quantitative estimate of drug-likeness (QED) is 0.617. The minimum Gasteiger partial charge on any atom is -0.308 e. The highest BCUT2D eigenvalue weighted by atomic mass is 32.1. The minimum absolute atomic E-state index is 0.549. The first kappa shape index (κ1) is 10.3. The number of hydrogen-bond donors (Lipinski definition) is 2. The van der Waals surface area contributed by atoms with Crippen molar-refractivity contribution < 1.29 is 0 Å². The molecule has 4 nitrogen and oxygen atoms in total. The Kier molecular flexibility index (Phi) is 2.83. The molecule has 0 unspecified atom stereocenters. The van der Waals surface area contributed by atoms with Crippen LogP contribution in [0.5, 0.6) is 0 Å². The summed E-state index contributed by atoms with van der Waals surface area (Å²) in [5.74, 6) is 7.56. The van der Waals surface area contributed by atoms with Crippen LogP contribution in [0.25, 0.3) is 10.2 Å². The predicted octanol–water partition coefficient (Wildman–Crippen LogP) is 2.18. The predicted molar refractivity (Wildman–Crippen MR) is 63.8 cm³/mol. The van der Waals surface area contributed by atoms with Crippen LogP contribution in [-0.2, 0) is 6.42 Å². The highest BCUT2D eigenvalue weighted by molar-refractivity contribution is 7.16. The molecule has 0 aliphatic carbocycles. The molecule has 3 N–H and O–H groups in total. The van der Waals surface area contributed by atoms with Gasteiger partial charge in [0.1, 0.15) is 10.7 Å². The van der Waals surface area contributed by atoms with Crippen LogP contribution >= 0.6 is 11.3 Å². The van der Waals surface area contributed by atoms with E-state index in [1.807, 2.05) is 11.4 Å². The molecule has 0 saturated carbocycles. The standard InChI is InChI=1S/C10H14N4S/c1-6(2)5-8-12-9(14-11)7-3-4-15-10(7)13-8/h3-4,6H,5,11H2,1-2H3,(H,12,13,14). The van der Waals surface area contributed by atoms with Gasteiger partial charge < -0.3 is 5.43 Å². The van der Waals surface area contributed by atoms with E-state index in [1.54, 1.807) is 11.3 Å². The van der Waals surface area contributed by atoms with Crippen LogP contribution in [0.2, 0.25) is 0 Å². The molecule has 0 radical (unpaired) electrons. The zero-order chi connectivity index (χ0) is 10.8. The fourth-order valence-electron chi connectivity index (χ4n) is 1.47. The van der Waals surface area contributed by atoms with E-state index >= 15 is 0 Å². The smallest absolute Gasteiger partial charge is 0.152 e. The zero-order valence-electron chi connectivity index (χ0n) is 8.82. The summed E-state index contributed by atoms with van der Waals surface area (Å²) in [6.07, 6.45) is 0.878. The second kappa shape index (κ2) is 4.12. The van der Waals surface area contributed by atoms with Crippen molar-refractivity contribution in [2.24, 2.45) is 11.8 Å².